The second-order valence-corrected chi connectivity index (χ2v) is 5.23. The van der Waals surface area contributed by atoms with Gasteiger partial charge in [-0.2, -0.15) is 0 Å². The molecule has 0 aliphatic carbocycles. The summed E-state index contributed by atoms with van der Waals surface area (Å²) in [5.41, 5.74) is 7.33. The first kappa shape index (κ1) is 14.2. The number of anilines is 1. The first-order valence-corrected chi connectivity index (χ1v) is 7.09. The van der Waals surface area contributed by atoms with Gasteiger partial charge in [0.05, 0.1) is 15.6 Å². The molecule has 0 fully saturated rings. The van der Waals surface area contributed by atoms with Gasteiger partial charge in [0, 0.05) is 12.0 Å². The SMILES string of the molecule is CCCCCc1onc(N)c1-c1c(Cl)cccc1Cl. The number of nitrogens with two attached hydrogens (primary N) is 1. The van der Waals surface area contributed by atoms with E-state index in [1.54, 1.807) is 18.2 Å². The van der Waals surface area contributed by atoms with E-state index in [-0.39, 0.29) is 0 Å². The number of hydrogen-bond acceptors (Lipinski definition) is 3. The molecule has 0 atom stereocenters. The van der Waals surface area contributed by atoms with Crippen molar-refractivity contribution < 1.29 is 4.52 Å². The molecule has 0 aliphatic heterocycles. The van der Waals surface area contributed by atoms with Gasteiger partial charge in [-0.1, -0.05) is 54.2 Å². The fourth-order valence-electron chi connectivity index (χ4n) is 2.05. The second-order valence-electron chi connectivity index (χ2n) is 4.42. The third-order valence-electron chi connectivity index (χ3n) is 3.01. The summed E-state index contributed by atoms with van der Waals surface area (Å²) >= 11 is 12.4. The fourth-order valence-corrected chi connectivity index (χ4v) is 2.64. The van der Waals surface area contributed by atoms with Crippen LogP contribution in [0.1, 0.15) is 31.9 Å². The third-order valence-corrected chi connectivity index (χ3v) is 3.64. The van der Waals surface area contributed by atoms with Crippen molar-refractivity contribution in [2.45, 2.75) is 32.6 Å². The molecular formula is C14H16Cl2N2O. The van der Waals surface area contributed by atoms with Gasteiger partial charge in [-0.3, -0.25) is 0 Å². The minimum absolute atomic E-state index is 0.335. The summed E-state index contributed by atoms with van der Waals surface area (Å²) in [5, 5.41) is 4.95. The Morgan fingerprint density at radius 1 is 1.16 bits per heavy atom. The molecule has 0 aliphatic rings. The number of nitrogen functional groups attached to an aromatic ring is 1. The largest absolute Gasteiger partial charge is 0.380 e. The molecule has 2 N–H and O–H groups in total. The van der Waals surface area contributed by atoms with E-state index in [0.717, 1.165) is 37.0 Å². The molecule has 1 aromatic heterocycles. The van der Waals surface area contributed by atoms with Crippen molar-refractivity contribution in [3.8, 4) is 11.1 Å². The zero-order chi connectivity index (χ0) is 13.8. The Morgan fingerprint density at radius 2 is 1.84 bits per heavy atom. The molecule has 0 amide bonds. The molecule has 0 saturated heterocycles. The maximum absolute atomic E-state index is 6.22. The Balaban J connectivity index is 2.41. The van der Waals surface area contributed by atoms with Crippen molar-refractivity contribution in [3.05, 3.63) is 34.0 Å². The van der Waals surface area contributed by atoms with Crippen molar-refractivity contribution in [1.82, 2.24) is 5.16 Å². The van der Waals surface area contributed by atoms with Crippen LogP contribution in [0.2, 0.25) is 10.0 Å². The summed E-state index contributed by atoms with van der Waals surface area (Å²) in [7, 11) is 0. The quantitative estimate of drug-likeness (QED) is 0.793. The van der Waals surface area contributed by atoms with Crippen LogP contribution in [0.25, 0.3) is 11.1 Å². The van der Waals surface area contributed by atoms with Crippen LogP contribution in [-0.2, 0) is 6.42 Å². The zero-order valence-corrected chi connectivity index (χ0v) is 12.3. The Kier molecular flexibility index (Phi) is 4.72. The van der Waals surface area contributed by atoms with Gasteiger partial charge >= 0.3 is 0 Å². The maximum Gasteiger partial charge on any atom is 0.175 e. The Hall–Kier alpha value is -1.19. The summed E-state index contributed by atoms with van der Waals surface area (Å²) < 4.78 is 5.31. The molecule has 19 heavy (non-hydrogen) atoms. The smallest absolute Gasteiger partial charge is 0.175 e. The van der Waals surface area contributed by atoms with E-state index in [4.69, 9.17) is 33.5 Å². The lowest BCUT2D eigenvalue weighted by Gasteiger charge is -2.07. The molecular weight excluding hydrogens is 283 g/mol. The zero-order valence-electron chi connectivity index (χ0n) is 10.7. The van der Waals surface area contributed by atoms with E-state index in [1.165, 1.54) is 0 Å². The molecule has 1 heterocycles. The molecule has 0 radical (unpaired) electrons. The van der Waals surface area contributed by atoms with Gasteiger partial charge < -0.3 is 10.3 Å². The first-order chi connectivity index (χ1) is 9.15. The molecule has 102 valence electrons. The van der Waals surface area contributed by atoms with E-state index in [0.29, 0.717) is 21.4 Å². The summed E-state index contributed by atoms with van der Waals surface area (Å²) in [6.07, 6.45) is 4.09. The van der Waals surface area contributed by atoms with Crippen molar-refractivity contribution in [1.29, 1.82) is 0 Å². The van der Waals surface area contributed by atoms with Crippen molar-refractivity contribution in [2.75, 3.05) is 5.73 Å². The highest BCUT2D eigenvalue weighted by Gasteiger charge is 2.20. The van der Waals surface area contributed by atoms with Crippen LogP contribution in [0.3, 0.4) is 0 Å². The predicted octanol–water partition coefficient (Wildman–Crippen LogP) is 4.96. The van der Waals surface area contributed by atoms with Crippen LogP contribution >= 0.6 is 23.2 Å². The Labute approximate surface area is 122 Å². The molecule has 0 bridgehead atoms. The monoisotopic (exact) mass is 298 g/mol. The molecule has 0 spiro atoms. The highest BCUT2D eigenvalue weighted by molar-refractivity contribution is 6.39. The van der Waals surface area contributed by atoms with Gasteiger partial charge in [-0.15, -0.1) is 0 Å². The summed E-state index contributed by atoms with van der Waals surface area (Å²) in [4.78, 5) is 0. The summed E-state index contributed by atoms with van der Waals surface area (Å²) in [5.74, 6) is 1.09. The number of aryl methyl sites for hydroxylation is 1. The molecule has 3 nitrogen and oxygen atoms in total. The molecule has 2 aromatic rings. The van der Waals surface area contributed by atoms with E-state index >= 15 is 0 Å². The fraction of sp³-hybridized carbons (Fsp3) is 0.357. The number of hydrogen-bond donors (Lipinski definition) is 1. The van der Waals surface area contributed by atoms with Crippen molar-refractivity contribution >= 4 is 29.0 Å². The lowest BCUT2D eigenvalue weighted by Crippen LogP contribution is -1.93. The van der Waals surface area contributed by atoms with Crippen molar-refractivity contribution in [2.24, 2.45) is 0 Å². The summed E-state index contributed by atoms with van der Waals surface area (Å²) in [6.45, 7) is 2.15. The lowest BCUT2D eigenvalue weighted by atomic mass is 10.0. The number of nitrogens with zero attached hydrogens (tertiary/aromatic N) is 1. The third kappa shape index (κ3) is 3.04. The van der Waals surface area contributed by atoms with Gasteiger partial charge in [0.2, 0.25) is 0 Å². The maximum atomic E-state index is 6.22. The van der Waals surface area contributed by atoms with Crippen LogP contribution < -0.4 is 5.73 Å². The first-order valence-electron chi connectivity index (χ1n) is 6.33. The van der Waals surface area contributed by atoms with Crippen LogP contribution in [0.4, 0.5) is 5.82 Å². The van der Waals surface area contributed by atoms with E-state index in [2.05, 4.69) is 12.1 Å². The molecule has 0 unspecified atom stereocenters. The number of benzene rings is 1. The van der Waals surface area contributed by atoms with Crippen LogP contribution in [-0.4, -0.2) is 5.16 Å². The number of unbranched alkanes of at least 4 members (excludes halogenated alkanes) is 2. The molecule has 0 saturated carbocycles. The van der Waals surface area contributed by atoms with E-state index in [9.17, 15) is 0 Å². The highest BCUT2D eigenvalue weighted by Crippen LogP contribution is 2.40. The van der Waals surface area contributed by atoms with Crippen LogP contribution in [0.15, 0.2) is 22.7 Å². The minimum atomic E-state index is 0.335. The van der Waals surface area contributed by atoms with E-state index in [1.807, 2.05) is 0 Å². The van der Waals surface area contributed by atoms with Crippen LogP contribution in [0, 0.1) is 0 Å². The van der Waals surface area contributed by atoms with Gasteiger partial charge in [0.25, 0.3) is 0 Å². The van der Waals surface area contributed by atoms with Gasteiger partial charge in [-0.05, 0) is 18.6 Å². The lowest BCUT2D eigenvalue weighted by molar-refractivity contribution is 0.382. The summed E-state index contributed by atoms with van der Waals surface area (Å²) in [6, 6.07) is 5.37. The van der Waals surface area contributed by atoms with Gasteiger partial charge in [0.15, 0.2) is 5.82 Å². The Bertz CT molecular complexity index is 546. The molecule has 2 rings (SSSR count). The number of halogens is 2. The minimum Gasteiger partial charge on any atom is -0.380 e. The van der Waals surface area contributed by atoms with Gasteiger partial charge in [-0.25, -0.2) is 0 Å². The van der Waals surface area contributed by atoms with E-state index < -0.39 is 0 Å². The normalized spacial score (nSPS) is 10.9. The average Bonchev–Trinajstić information content (AvgIpc) is 2.72. The van der Waals surface area contributed by atoms with Crippen LogP contribution in [0.5, 0.6) is 0 Å². The highest BCUT2D eigenvalue weighted by atomic mass is 35.5. The standard InChI is InChI=1S/C14H16Cl2N2O/c1-2-3-4-8-11-13(14(17)18-19-11)12-9(15)6-5-7-10(12)16/h5-7H,2-4,8H2,1H3,(H2,17,18). The molecule has 5 heteroatoms. The van der Waals surface area contributed by atoms with Gasteiger partial charge in [0.1, 0.15) is 5.76 Å². The number of aromatic nitrogens is 1. The predicted molar refractivity (Wildman–Crippen MR) is 79.6 cm³/mol. The average molecular weight is 299 g/mol. The Morgan fingerprint density at radius 3 is 2.47 bits per heavy atom. The molecule has 1 aromatic carbocycles. The topological polar surface area (TPSA) is 52.0 Å². The number of rotatable bonds is 5. The second kappa shape index (κ2) is 6.31. The van der Waals surface area contributed by atoms with Crippen molar-refractivity contribution in [3.63, 3.8) is 0 Å².